The van der Waals surface area contributed by atoms with Gasteiger partial charge in [-0.3, -0.25) is 4.79 Å². The predicted octanol–water partition coefficient (Wildman–Crippen LogP) is 4.52. The highest BCUT2D eigenvalue weighted by Crippen LogP contribution is 2.35. The fourth-order valence-electron chi connectivity index (χ4n) is 3.06. The standard InChI is InChI=1S/C18H15FN2O2S/c19-13-7-5-12(6-8-13)14-11-16(23-20-14)18(22)21-9-1-3-15(21)17-4-2-10-24-17/h2,4-8,10-11,15H,1,3,9H2. The van der Waals surface area contributed by atoms with Gasteiger partial charge in [0.1, 0.15) is 11.5 Å². The van der Waals surface area contributed by atoms with Gasteiger partial charge in [0, 0.05) is 23.1 Å². The average molecular weight is 342 g/mol. The third-order valence-electron chi connectivity index (χ3n) is 4.25. The SMILES string of the molecule is O=C(c1cc(-c2ccc(F)cc2)no1)N1CCCC1c1cccs1. The Kier molecular flexibility index (Phi) is 3.90. The molecule has 0 aliphatic carbocycles. The van der Waals surface area contributed by atoms with E-state index in [-0.39, 0.29) is 23.5 Å². The summed E-state index contributed by atoms with van der Waals surface area (Å²) in [5.74, 6) is -0.237. The van der Waals surface area contributed by atoms with Crippen LogP contribution in [-0.2, 0) is 0 Å². The second-order valence-electron chi connectivity index (χ2n) is 5.76. The molecule has 6 heteroatoms. The van der Waals surface area contributed by atoms with Crippen molar-refractivity contribution in [3.05, 3.63) is 64.3 Å². The minimum atomic E-state index is -0.311. The minimum Gasteiger partial charge on any atom is -0.350 e. The molecule has 1 unspecified atom stereocenters. The van der Waals surface area contributed by atoms with Crippen molar-refractivity contribution in [3.8, 4) is 11.3 Å². The summed E-state index contributed by atoms with van der Waals surface area (Å²) >= 11 is 1.66. The summed E-state index contributed by atoms with van der Waals surface area (Å²) in [5.41, 5.74) is 1.25. The molecule has 3 heterocycles. The van der Waals surface area contributed by atoms with Crippen LogP contribution in [0.15, 0.2) is 52.4 Å². The van der Waals surface area contributed by atoms with E-state index in [1.54, 1.807) is 29.5 Å². The highest BCUT2D eigenvalue weighted by Gasteiger charge is 2.33. The number of carbonyl (C=O) groups is 1. The van der Waals surface area contributed by atoms with Gasteiger partial charge in [0.15, 0.2) is 0 Å². The maximum absolute atomic E-state index is 13.0. The van der Waals surface area contributed by atoms with Gasteiger partial charge in [-0.15, -0.1) is 11.3 Å². The van der Waals surface area contributed by atoms with Crippen molar-refractivity contribution in [2.75, 3.05) is 6.54 Å². The zero-order valence-electron chi connectivity index (χ0n) is 12.8. The van der Waals surface area contributed by atoms with E-state index in [0.29, 0.717) is 12.2 Å². The molecule has 0 saturated carbocycles. The van der Waals surface area contributed by atoms with Crippen molar-refractivity contribution in [1.29, 1.82) is 0 Å². The van der Waals surface area contributed by atoms with Gasteiger partial charge >= 0.3 is 0 Å². The first-order valence-electron chi connectivity index (χ1n) is 7.79. The predicted molar refractivity (Wildman–Crippen MR) is 89.2 cm³/mol. The van der Waals surface area contributed by atoms with Gasteiger partial charge in [-0.25, -0.2) is 4.39 Å². The number of hydrogen-bond acceptors (Lipinski definition) is 4. The molecule has 1 saturated heterocycles. The molecule has 122 valence electrons. The summed E-state index contributed by atoms with van der Waals surface area (Å²) in [6.07, 6.45) is 1.94. The summed E-state index contributed by atoms with van der Waals surface area (Å²) in [6.45, 7) is 0.716. The summed E-state index contributed by atoms with van der Waals surface area (Å²) in [4.78, 5) is 15.8. The number of amides is 1. The normalized spacial score (nSPS) is 17.4. The van der Waals surface area contributed by atoms with E-state index in [2.05, 4.69) is 11.2 Å². The number of hydrogen-bond donors (Lipinski definition) is 0. The van der Waals surface area contributed by atoms with Crippen LogP contribution in [0.5, 0.6) is 0 Å². The number of rotatable bonds is 3. The minimum absolute atomic E-state index is 0.108. The highest BCUT2D eigenvalue weighted by atomic mass is 32.1. The zero-order valence-corrected chi connectivity index (χ0v) is 13.6. The maximum Gasteiger partial charge on any atom is 0.293 e. The maximum atomic E-state index is 13.0. The molecule has 4 rings (SSSR count). The first kappa shape index (κ1) is 15.1. The smallest absolute Gasteiger partial charge is 0.293 e. The fraction of sp³-hybridized carbons (Fsp3) is 0.222. The second-order valence-corrected chi connectivity index (χ2v) is 6.73. The molecule has 0 bridgehead atoms. The molecule has 4 nitrogen and oxygen atoms in total. The Morgan fingerprint density at radius 3 is 2.88 bits per heavy atom. The van der Waals surface area contributed by atoms with Gasteiger partial charge in [0.05, 0.1) is 6.04 Å². The van der Waals surface area contributed by atoms with Gasteiger partial charge < -0.3 is 9.42 Å². The molecule has 24 heavy (non-hydrogen) atoms. The second kappa shape index (κ2) is 6.20. The van der Waals surface area contributed by atoms with Crippen LogP contribution in [0.2, 0.25) is 0 Å². The molecule has 2 aromatic heterocycles. The summed E-state index contributed by atoms with van der Waals surface area (Å²) in [6, 6.07) is 11.7. The Hall–Kier alpha value is -2.47. The summed E-state index contributed by atoms with van der Waals surface area (Å²) < 4.78 is 18.3. The fourth-order valence-corrected chi connectivity index (χ4v) is 3.93. The number of nitrogens with zero attached hydrogens (tertiary/aromatic N) is 2. The summed E-state index contributed by atoms with van der Waals surface area (Å²) in [5, 5.41) is 5.98. The quantitative estimate of drug-likeness (QED) is 0.703. The van der Waals surface area contributed by atoms with Crippen molar-refractivity contribution >= 4 is 17.2 Å². The van der Waals surface area contributed by atoms with Crippen molar-refractivity contribution in [2.24, 2.45) is 0 Å². The van der Waals surface area contributed by atoms with Crippen molar-refractivity contribution in [3.63, 3.8) is 0 Å². The Balaban J connectivity index is 1.57. The lowest BCUT2D eigenvalue weighted by Gasteiger charge is -2.22. The van der Waals surface area contributed by atoms with Crippen molar-refractivity contribution < 1.29 is 13.7 Å². The molecular weight excluding hydrogens is 327 g/mol. The number of aromatic nitrogens is 1. The van der Waals surface area contributed by atoms with Crippen LogP contribution in [0.3, 0.4) is 0 Å². The Morgan fingerprint density at radius 2 is 2.12 bits per heavy atom. The molecule has 0 radical (unpaired) electrons. The zero-order chi connectivity index (χ0) is 16.5. The van der Waals surface area contributed by atoms with E-state index in [0.717, 1.165) is 18.4 Å². The van der Waals surface area contributed by atoms with Gasteiger partial charge in [0.2, 0.25) is 5.76 Å². The number of halogens is 1. The Bertz CT molecular complexity index is 842. The van der Waals surface area contributed by atoms with Gasteiger partial charge in [-0.2, -0.15) is 0 Å². The van der Waals surface area contributed by atoms with E-state index < -0.39 is 0 Å². The molecule has 0 N–H and O–H groups in total. The lowest BCUT2D eigenvalue weighted by atomic mass is 10.1. The van der Waals surface area contributed by atoms with Crippen LogP contribution in [0.25, 0.3) is 11.3 Å². The van der Waals surface area contributed by atoms with E-state index >= 15 is 0 Å². The molecular formula is C18H15FN2O2S. The highest BCUT2D eigenvalue weighted by molar-refractivity contribution is 7.10. The molecule has 1 fully saturated rings. The Labute approximate surface area is 142 Å². The molecule has 0 spiro atoms. The van der Waals surface area contributed by atoms with Crippen LogP contribution in [0.1, 0.15) is 34.3 Å². The van der Waals surface area contributed by atoms with Crippen molar-refractivity contribution in [2.45, 2.75) is 18.9 Å². The summed E-state index contributed by atoms with van der Waals surface area (Å²) in [7, 11) is 0. The van der Waals surface area contributed by atoms with Crippen LogP contribution >= 0.6 is 11.3 Å². The van der Waals surface area contributed by atoms with E-state index in [1.807, 2.05) is 16.3 Å². The molecule has 1 amide bonds. The third kappa shape index (κ3) is 2.73. The Morgan fingerprint density at radius 1 is 1.29 bits per heavy atom. The molecule has 1 aliphatic rings. The topological polar surface area (TPSA) is 46.3 Å². The lowest BCUT2D eigenvalue weighted by molar-refractivity contribution is 0.0695. The average Bonchev–Trinajstić information content (AvgIpc) is 3.34. The largest absolute Gasteiger partial charge is 0.350 e. The monoisotopic (exact) mass is 342 g/mol. The van der Waals surface area contributed by atoms with Crippen LogP contribution < -0.4 is 0 Å². The van der Waals surface area contributed by atoms with Gasteiger partial charge in [-0.05, 0) is 48.6 Å². The van der Waals surface area contributed by atoms with Crippen LogP contribution in [0, 0.1) is 5.82 Å². The van der Waals surface area contributed by atoms with E-state index in [9.17, 15) is 9.18 Å². The molecule has 1 aromatic carbocycles. The number of thiophene rings is 1. The molecule has 1 atom stereocenters. The number of likely N-dealkylation sites (tertiary alicyclic amines) is 1. The lowest BCUT2D eigenvalue weighted by Crippen LogP contribution is -2.29. The van der Waals surface area contributed by atoms with Crippen molar-refractivity contribution in [1.82, 2.24) is 10.1 Å². The van der Waals surface area contributed by atoms with Gasteiger partial charge in [0.25, 0.3) is 5.91 Å². The number of benzene rings is 1. The van der Waals surface area contributed by atoms with E-state index in [1.165, 1.54) is 17.0 Å². The number of carbonyl (C=O) groups excluding carboxylic acids is 1. The van der Waals surface area contributed by atoms with Crippen LogP contribution in [-0.4, -0.2) is 22.5 Å². The van der Waals surface area contributed by atoms with E-state index in [4.69, 9.17) is 4.52 Å². The van der Waals surface area contributed by atoms with Gasteiger partial charge in [-0.1, -0.05) is 11.2 Å². The third-order valence-corrected chi connectivity index (χ3v) is 5.22. The van der Waals surface area contributed by atoms with Crippen LogP contribution in [0.4, 0.5) is 4.39 Å². The first-order chi connectivity index (χ1) is 11.7. The molecule has 3 aromatic rings. The molecule has 1 aliphatic heterocycles. The first-order valence-corrected chi connectivity index (χ1v) is 8.67.